The number of methoxy groups -OCH3 is 1. The third-order valence-corrected chi connectivity index (χ3v) is 6.28. The van der Waals surface area contributed by atoms with Gasteiger partial charge in [-0.15, -0.1) is 0 Å². The normalized spacial score (nSPS) is 15.7. The number of benzene rings is 1. The summed E-state index contributed by atoms with van der Waals surface area (Å²) in [5, 5.41) is 5.71. The molecular weight excluding hydrogens is 511 g/mol. The Balaban J connectivity index is 0.000000371. The standard InChI is InChI=1S/C20H24N3O3S.CHF3O3S/c1-20(2,3)21-18-17-14-7-5-6-8-15(14)26-12-13(11-16(24)25-4)23(17)19-22(18)9-10-27-19;2-1(3,4)8(5,6)7/h5-10,13,21H,11-12H2,1-4H3;(H,5,6,7)/q+1;/p-1. The summed E-state index contributed by atoms with van der Waals surface area (Å²) in [5.41, 5.74) is -3.70. The minimum Gasteiger partial charge on any atom is -0.741 e. The van der Waals surface area contributed by atoms with Gasteiger partial charge in [0.15, 0.2) is 10.1 Å². The van der Waals surface area contributed by atoms with Gasteiger partial charge in [-0.3, -0.25) is 4.79 Å². The zero-order chi connectivity index (χ0) is 26.2. The fourth-order valence-corrected chi connectivity index (χ4v) is 4.41. The summed E-state index contributed by atoms with van der Waals surface area (Å²) in [6, 6.07) is 7.88. The molecule has 9 nitrogen and oxygen atoms in total. The predicted octanol–water partition coefficient (Wildman–Crippen LogP) is 3.71. The van der Waals surface area contributed by atoms with Crippen molar-refractivity contribution in [1.82, 2.24) is 4.40 Å². The Bertz CT molecular complexity index is 1330. The monoisotopic (exact) mass is 535 g/mol. The number of carbonyl (C=O) groups excluding carboxylic acids is 1. The number of anilines is 1. The Hall–Kier alpha value is -2.84. The van der Waals surface area contributed by atoms with Crippen molar-refractivity contribution < 1.29 is 45.0 Å². The summed E-state index contributed by atoms with van der Waals surface area (Å²) in [4.78, 5) is 13.1. The summed E-state index contributed by atoms with van der Waals surface area (Å²) in [6.07, 6.45) is 2.32. The number of carbonyl (C=O) groups is 1. The molecule has 0 saturated heterocycles. The number of alkyl halides is 3. The molecule has 0 radical (unpaired) electrons. The van der Waals surface area contributed by atoms with Crippen molar-refractivity contribution in [2.24, 2.45) is 0 Å². The van der Waals surface area contributed by atoms with E-state index in [9.17, 15) is 18.0 Å². The van der Waals surface area contributed by atoms with E-state index in [1.165, 1.54) is 7.11 Å². The number of esters is 1. The molecule has 3 aromatic rings. The van der Waals surface area contributed by atoms with Gasteiger partial charge in [0, 0.05) is 10.9 Å². The van der Waals surface area contributed by atoms with E-state index in [1.54, 1.807) is 11.3 Å². The number of para-hydroxylation sites is 1. The maximum absolute atomic E-state index is 12.1. The molecule has 4 rings (SSSR count). The van der Waals surface area contributed by atoms with Gasteiger partial charge < -0.3 is 19.3 Å². The molecule has 2 aromatic heterocycles. The lowest BCUT2D eigenvalue weighted by atomic mass is 10.1. The molecule has 0 aliphatic carbocycles. The van der Waals surface area contributed by atoms with Crippen LogP contribution in [0.2, 0.25) is 0 Å². The number of aromatic nitrogens is 2. The molecule has 0 amide bonds. The van der Waals surface area contributed by atoms with Crippen LogP contribution in [-0.4, -0.2) is 48.1 Å². The molecule has 1 unspecified atom stereocenters. The fourth-order valence-electron chi connectivity index (χ4n) is 3.48. The lowest BCUT2D eigenvalue weighted by Gasteiger charge is -2.20. The number of ether oxygens (including phenoxy) is 2. The maximum atomic E-state index is 12.1. The van der Waals surface area contributed by atoms with Crippen molar-refractivity contribution >= 4 is 38.2 Å². The predicted molar refractivity (Wildman–Crippen MR) is 121 cm³/mol. The number of nitrogens with zero attached hydrogens (tertiary/aromatic N) is 2. The Kier molecular flexibility index (Phi) is 7.39. The number of halogens is 3. The molecule has 0 saturated carbocycles. The van der Waals surface area contributed by atoms with Gasteiger partial charge in [-0.2, -0.15) is 17.6 Å². The summed E-state index contributed by atoms with van der Waals surface area (Å²) < 4.78 is 74.3. The topological polar surface area (TPSA) is 113 Å². The largest absolute Gasteiger partial charge is 0.741 e. The summed E-state index contributed by atoms with van der Waals surface area (Å²) in [5.74, 6) is 1.59. The highest BCUT2D eigenvalue weighted by atomic mass is 32.2. The number of thiazole rings is 1. The molecule has 192 valence electrons. The number of imidazole rings is 1. The maximum Gasteiger partial charge on any atom is 0.485 e. The molecular formula is C21H24F3N3O6S2. The summed E-state index contributed by atoms with van der Waals surface area (Å²) in [7, 11) is -4.67. The molecule has 1 aromatic carbocycles. The van der Waals surface area contributed by atoms with E-state index in [4.69, 9.17) is 22.4 Å². The van der Waals surface area contributed by atoms with Gasteiger partial charge >= 0.3 is 16.4 Å². The molecule has 1 atom stereocenters. The van der Waals surface area contributed by atoms with Gasteiger partial charge in [-0.05, 0) is 32.9 Å². The third kappa shape index (κ3) is 5.87. The van der Waals surface area contributed by atoms with Crippen molar-refractivity contribution in [3.05, 3.63) is 35.8 Å². The lowest BCUT2D eigenvalue weighted by Crippen LogP contribution is -2.43. The first-order valence-corrected chi connectivity index (χ1v) is 12.5. The van der Waals surface area contributed by atoms with Crippen LogP contribution in [0.5, 0.6) is 5.75 Å². The SMILES string of the molecule is COC(=O)CC1COc2ccccc2-c2c(NC(C)(C)C)n3ccsc3[n+]21.O=S(=O)([O-])C(F)(F)F. The van der Waals surface area contributed by atoms with Gasteiger partial charge in [-0.25, -0.2) is 13.0 Å². The van der Waals surface area contributed by atoms with E-state index in [2.05, 4.69) is 52.7 Å². The van der Waals surface area contributed by atoms with E-state index in [1.807, 2.05) is 18.2 Å². The molecule has 0 bridgehead atoms. The van der Waals surface area contributed by atoms with Crippen molar-refractivity contribution in [2.75, 3.05) is 19.0 Å². The van der Waals surface area contributed by atoms with Crippen LogP contribution in [0, 0.1) is 0 Å². The Labute approximate surface area is 203 Å². The van der Waals surface area contributed by atoms with Gasteiger partial charge in [0.05, 0.1) is 19.1 Å². The van der Waals surface area contributed by atoms with Crippen LogP contribution in [-0.2, 0) is 19.6 Å². The van der Waals surface area contributed by atoms with E-state index in [0.29, 0.717) is 6.61 Å². The van der Waals surface area contributed by atoms with Crippen LogP contribution < -0.4 is 14.6 Å². The second-order valence-electron chi connectivity index (χ2n) is 8.64. The highest BCUT2D eigenvalue weighted by Crippen LogP contribution is 2.39. The van der Waals surface area contributed by atoms with Crippen LogP contribution in [0.15, 0.2) is 35.8 Å². The minimum atomic E-state index is -6.09. The van der Waals surface area contributed by atoms with Gasteiger partial charge in [0.1, 0.15) is 24.6 Å². The average Bonchev–Trinajstić information content (AvgIpc) is 3.27. The molecule has 0 spiro atoms. The van der Waals surface area contributed by atoms with Gasteiger partial charge in [0.25, 0.3) is 0 Å². The first-order chi connectivity index (χ1) is 16.1. The third-order valence-electron chi connectivity index (χ3n) is 4.85. The van der Waals surface area contributed by atoms with Crippen LogP contribution in [0.3, 0.4) is 0 Å². The highest BCUT2D eigenvalue weighted by molar-refractivity contribution is 7.86. The first-order valence-electron chi connectivity index (χ1n) is 10.3. The number of rotatable bonds is 3. The van der Waals surface area contributed by atoms with Crippen LogP contribution in [0.25, 0.3) is 16.2 Å². The van der Waals surface area contributed by atoms with Crippen LogP contribution in [0.4, 0.5) is 19.0 Å². The minimum absolute atomic E-state index is 0.121. The molecule has 3 heterocycles. The number of hydrogen-bond acceptors (Lipinski definition) is 8. The van der Waals surface area contributed by atoms with E-state index >= 15 is 0 Å². The number of nitrogens with one attached hydrogen (secondary N) is 1. The van der Waals surface area contributed by atoms with Crippen molar-refractivity contribution in [2.45, 2.75) is 44.3 Å². The zero-order valence-corrected chi connectivity index (χ0v) is 20.9. The molecule has 14 heteroatoms. The molecule has 1 aliphatic rings. The van der Waals surface area contributed by atoms with E-state index < -0.39 is 15.6 Å². The van der Waals surface area contributed by atoms with Gasteiger partial charge in [-0.1, -0.05) is 23.5 Å². The number of fused-ring (bicyclic) bond motifs is 5. The quantitative estimate of drug-likeness (QED) is 0.235. The second kappa shape index (κ2) is 9.66. The zero-order valence-electron chi connectivity index (χ0n) is 19.2. The second-order valence-corrected chi connectivity index (χ2v) is 10.9. The first kappa shape index (κ1) is 26.8. The summed E-state index contributed by atoms with van der Waals surface area (Å²) in [6.45, 7) is 6.83. The number of hydrogen-bond donors (Lipinski definition) is 1. The van der Waals surface area contributed by atoms with Crippen molar-refractivity contribution in [3.63, 3.8) is 0 Å². The molecule has 35 heavy (non-hydrogen) atoms. The molecule has 1 aliphatic heterocycles. The van der Waals surface area contributed by atoms with E-state index in [-0.39, 0.29) is 24.0 Å². The summed E-state index contributed by atoms with van der Waals surface area (Å²) >= 11 is 1.65. The van der Waals surface area contributed by atoms with E-state index in [0.717, 1.165) is 27.8 Å². The van der Waals surface area contributed by atoms with Crippen LogP contribution >= 0.6 is 11.3 Å². The highest BCUT2D eigenvalue weighted by Gasteiger charge is 2.39. The molecule has 0 fully saturated rings. The van der Waals surface area contributed by atoms with Crippen molar-refractivity contribution in [1.29, 1.82) is 0 Å². The lowest BCUT2D eigenvalue weighted by molar-refractivity contribution is -0.684. The average molecular weight is 536 g/mol. The van der Waals surface area contributed by atoms with Crippen molar-refractivity contribution in [3.8, 4) is 17.0 Å². The molecule has 1 N–H and O–H groups in total. The van der Waals surface area contributed by atoms with Crippen LogP contribution in [0.1, 0.15) is 33.2 Å². The Morgan fingerprint density at radius 3 is 2.51 bits per heavy atom. The fraction of sp³-hybridized carbons (Fsp3) is 0.429. The van der Waals surface area contributed by atoms with Gasteiger partial charge in [0.2, 0.25) is 11.5 Å². The Morgan fingerprint density at radius 1 is 1.31 bits per heavy atom. The smallest absolute Gasteiger partial charge is 0.485 e. The Morgan fingerprint density at radius 2 is 1.94 bits per heavy atom.